The summed E-state index contributed by atoms with van der Waals surface area (Å²) >= 11 is 5.66. The molecular formula is C9H9ClO2. The van der Waals surface area contributed by atoms with E-state index in [2.05, 4.69) is 0 Å². The maximum Gasteiger partial charge on any atom is 0.163 e. The Balaban J connectivity index is 3.37. The second-order valence-corrected chi connectivity index (χ2v) is 3.11. The molecule has 2 nitrogen and oxygen atoms in total. The molecule has 0 amide bonds. The van der Waals surface area contributed by atoms with Gasteiger partial charge in [0.25, 0.3) is 0 Å². The maximum absolute atomic E-state index is 11.0. The van der Waals surface area contributed by atoms with E-state index in [4.69, 9.17) is 11.6 Å². The SMILES string of the molecule is CC(=O)c1cc(C)cc(Cl)c1O. The minimum Gasteiger partial charge on any atom is -0.506 e. The largest absolute Gasteiger partial charge is 0.506 e. The van der Waals surface area contributed by atoms with Crippen LogP contribution < -0.4 is 0 Å². The number of carbonyl (C=O) groups excluding carboxylic acids is 1. The van der Waals surface area contributed by atoms with Gasteiger partial charge in [-0.2, -0.15) is 0 Å². The highest BCUT2D eigenvalue weighted by Gasteiger charge is 2.10. The molecule has 0 bridgehead atoms. The van der Waals surface area contributed by atoms with Gasteiger partial charge in [-0.3, -0.25) is 4.79 Å². The standard InChI is InChI=1S/C9H9ClO2/c1-5-3-7(6(2)11)9(12)8(10)4-5/h3-4,12H,1-2H3. The zero-order valence-corrected chi connectivity index (χ0v) is 7.64. The Labute approximate surface area is 75.8 Å². The number of halogens is 1. The monoisotopic (exact) mass is 184 g/mol. The van der Waals surface area contributed by atoms with Crippen LogP contribution in [0.25, 0.3) is 0 Å². The molecule has 0 aliphatic heterocycles. The molecule has 1 rings (SSSR count). The van der Waals surface area contributed by atoms with E-state index in [1.165, 1.54) is 6.92 Å². The summed E-state index contributed by atoms with van der Waals surface area (Å²) in [6, 6.07) is 3.23. The molecule has 0 aromatic heterocycles. The number of carbonyl (C=O) groups is 1. The molecule has 1 N–H and O–H groups in total. The highest BCUT2D eigenvalue weighted by molar-refractivity contribution is 6.32. The Kier molecular flexibility index (Phi) is 2.38. The molecule has 0 heterocycles. The summed E-state index contributed by atoms with van der Waals surface area (Å²) in [5, 5.41) is 9.56. The fourth-order valence-electron chi connectivity index (χ4n) is 1.00. The number of phenols is 1. The van der Waals surface area contributed by atoms with Crippen LogP contribution in [0.1, 0.15) is 22.8 Å². The van der Waals surface area contributed by atoms with E-state index in [0.29, 0.717) is 0 Å². The van der Waals surface area contributed by atoms with Crippen molar-refractivity contribution in [3.05, 3.63) is 28.3 Å². The van der Waals surface area contributed by atoms with Gasteiger partial charge in [-0.25, -0.2) is 0 Å². The number of phenolic OH excluding ortho intramolecular Hbond substituents is 1. The lowest BCUT2D eigenvalue weighted by atomic mass is 10.1. The summed E-state index contributed by atoms with van der Waals surface area (Å²) in [5.41, 5.74) is 1.14. The van der Waals surface area contributed by atoms with Gasteiger partial charge in [0.05, 0.1) is 10.6 Å². The zero-order chi connectivity index (χ0) is 9.30. The fourth-order valence-corrected chi connectivity index (χ4v) is 1.28. The topological polar surface area (TPSA) is 37.3 Å². The fraction of sp³-hybridized carbons (Fsp3) is 0.222. The van der Waals surface area contributed by atoms with Gasteiger partial charge >= 0.3 is 0 Å². The van der Waals surface area contributed by atoms with Crippen LogP contribution in [0.5, 0.6) is 5.75 Å². The van der Waals surface area contributed by atoms with Gasteiger partial charge in [0.15, 0.2) is 5.78 Å². The molecule has 0 unspecified atom stereocenters. The van der Waals surface area contributed by atoms with Gasteiger partial charge in [0, 0.05) is 0 Å². The number of Topliss-reactive ketones (excluding diaryl/α,β-unsaturated/α-hetero) is 1. The third-order valence-electron chi connectivity index (χ3n) is 1.59. The quantitative estimate of drug-likeness (QED) is 0.682. The third kappa shape index (κ3) is 1.59. The predicted molar refractivity (Wildman–Crippen MR) is 47.9 cm³/mol. The Morgan fingerprint density at radius 2 is 2.08 bits per heavy atom. The van der Waals surface area contributed by atoms with E-state index in [1.807, 2.05) is 6.92 Å². The molecule has 0 fully saturated rings. The van der Waals surface area contributed by atoms with E-state index in [1.54, 1.807) is 12.1 Å². The van der Waals surface area contributed by atoms with Crippen LogP contribution in [0.4, 0.5) is 0 Å². The lowest BCUT2D eigenvalue weighted by Gasteiger charge is -2.03. The number of rotatable bonds is 1. The molecule has 0 radical (unpaired) electrons. The molecule has 0 atom stereocenters. The molecule has 0 aliphatic rings. The van der Waals surface area contributed by atoms with Crippen molar-refractivity contribution < 1.29 is 9.90 Å². The predicted octanol–water partition coefficient (Wildman–Crippen LogP) is 2.56. The van der Waals surface area contributed by atoms with E-state index in [0.717, 1.165) is 5.56 Å². The number of aryl methyl sites for hydroxylation is 1. The molecule has 12 heavy (non-hydrogen) atoms. The van der Waals surface area contributed by atoms with E-state index in [-0.39, 0.29) is 22.1 Å². The lowest BCUT2D eigenvalue weighted by molar-refractivity contribution is 0.101. The summed E-state index contributed by atoms with van der Waals surface area (Å²) in [5.74, 6) is -0.312. The maximum atomic E-state index is 11.0. The molecule has 0 saturated heterocycles. The minimum absolute atomic E-state index is 0.130. The van der Waals surface area contributed by atoms with Crippen LogP contribution in [0, 0.1) is 6.92 Å². The minimum atomic E-state index is -0.182. The van der Waals surface area contributed by atoms with Crippen LogP contribution in [0.15, 0.2) is 12.1 Å². The van der Waals surface area contributed by atoms with Crippen molar-refractivity contribution in [2.75, 3.05) is 0 Å². The number of ketones is 1. The summed E-state index contributed by atoms with van der Waals surface area (Å²) in [7, 11) is 0. The average molecular weight is 185 g/mol. The van der Waals surface area contributed by atoms with Crippen molar-refractivity contribution in [2.24, 2.45) is 0 Å². The highest BCUT2D eigenvalue weighted by atomic mass is 35.5. The van der Waals surface area contributed by atoms with E-state index in [9.17, 15) is 9.90 Å². The Morgan fingerprint density at radius 3 is 2.58 bits per heavy atom. The van der Waals surface area contributed by atoms with Crippen molar-refractivity contribution in [2.45, 2.75) is 13.8 Å². The van der Waals surface area contributed by atoms with E-state index >= 15 is 0 Å². The van der Waals surface area contributed by atoms with E-state index < -0.39 is 0 Å². The number of hydrogen-bond donors (Lipinski definition) is 1. The van der Waals surface area contributed by atoms with Gasteiger partial charge in [-0.05, 0) is 31.5 Å². The molecule has 1 aromatic carbocycles. The van der Waals surface area contributed by atoms with Gasteiger partial charge in [-0.15, -0.1) is 0 Å². The van der Waals surface area contributed by atoms with Crippen molar-refractivity contribution in [3.8, 4) is 5.75 Å². The lowest BCUT2D eigenvalue weighted by Crippen LogP contribution is -1.93. The molecule has 0 saturated carbocycles. The first-order chi connectivity index (χ1) is 5.52. The van der Waals surface area contributed by atoms with Crippen LogP contribution in [0.2, 0.25) is 5.02 Å². The summed E-state index contributed by atoms with van der Waals surface area (Å²) in [6.07, 6.45) is 0. The second-order valence-electron chi connectivity index (χ2n) is 2.70. The molecule has 0 spiro atoms. The van der Waals surface area contributed by atoms with Crippen molar-refractivity contribution >= 4 is 17.4 Å². The summed E-state index contributed by atoms with van der Waals surface area (Å²) in [4.78, 5) is 11.0. The van der Waals surface area contributed by atoms with Crippen molar-refractivity contribution in [1.29, 1.82) is 0 Å². The Bertz CT molecular complexity index is 332. The molecular weight excluding hydrogens is 176 g/mol. The average Bonchev–Trinajstić information content (AvgIpc) is 1.96. The van der Waals surface area contributed by atoms with Crippen molar-refractivity contribution in [3.63, 3.8) is 0 Å². The van der Waals surface area contributed by atoms with Gasteiger partial charge in [0.2, 0.25) is 0 Å². The van der Waals surface area contributed by atoms with Crippen molar-refractivity contribution in [1.82, 2.24) is 0 Å². The molecule has 64 valence electrons. The zero-order valence-electron chi connectivity index (χ0n) is 6.89. The van der Waals surface area contributed by atoms with Crippen LogP contribution in [-0.4, -0.2) is 10.9 Å². The van der Waals surface area contributed by atoms with Gasteiger partial charge in [-0.1, -0.05) is 11.6 Å². The Hall–Kier alpha value is -1.02. The highest BCUT2D eigenvalue weighted by Crippen LogP contribution is 2.28. The number of benzene rings is 1. The summed E-state index contributed by atoms with van der Waals surface area (Å²) in [6.45, 7) is 3.21. The van der Waals surface area contributed by atoms with Crippen LogP contribution in [0.3, 0.4) is 0 Å². The van der Waals surface area contributed by atoms with Crippen LogP contribution >= 0.6 is 11.6 Å². The first-order valence-corrected chi connectivity index (χ1v) is 3.90. The first kappa shape index (κ1) is 9.07. The Morgan fingerprint density at radius 1 is 1.50 bits per heavy atom. The molecule has 3 heteroatoms. The molecule has 1 aromatic rings. The smallest absolute Gasteiger partial charge is 0.163 e. The second kappa shape index (κ2) is 3.15. The van der Waals surface area contributed by atoms with Crippen LogP contribution in [-0.2, 0) is 0 Å². The van der Waals surface area contributed by atoms with Gasteiger partial charge in [0.1, 0.15) is 5.75 Å². The normalized spacial score (nSPS) is 9.92. The molecule has 0 aliphatic carbocycles. The number of hydrogen-bond acceptors (Lipinski definition) is 2. The first-order valence-electron chi connectivity index (χ1n) is 3.52. The third-order valence-corrected chi connectivity index (χ3v) is 1.88. The summed E-state index contributed by atoms with van der Waals surface area (Å²) < 4.78 is 0. The number of aromatic hydroxyl groups is 1. The van der Waals surface area contributed by atoms with Gasteiger partial charge < -0.3 is 5.11 Å².